The van der Waals surface area contributed by atoms with E-state index >= 15 is 0 Å². The zero-order valence-corrected chi connectivity index (χ0v) is 19.3. The van der Waals surface area contributed by atoms with Gasteiger partial charge in [-0.05, 0) is 48.7 Å². The van der Waals surface area contributed by atoms with Gasteiger partial charge in [0.25, 0.3) is 5.56 Å². The molecule has 0 bridgehead atoms. The van der Waals surface area contributed by atoms with Crippen molar-refractivity contribution in [2.24, 2.45) is 12.8 Å². The van der Waals surface area contributed by atoms with Crippen molar-refractivity contribution < 1.29 is 13.9 Å². The Hall–Kier alpha value is -4.01. The van der Waals surface area contributed by atoms with Gasteiger partial charge < -0.3 is 15.5 Å². The SMILES string of the molecule is CCCc1nn(C)c2c(=O)[nH]c(-c3cc(Cc4ccc(C(N)=O)cc4F)ccc3OCC)nc12. The van der Waals surface area contributed by atoms with Crippen molar-refractivity contribution in [2.75, 3.05) is 6.61 Å². The maximum atomic E-state index is 14.6. The van der Waals surface area contributed by atoms with Crippen LogP contribution in [0.3, 0.4) is 0 Å². The van der Waals surface area contributed by atoms with Crippen LogP contribution < -0.4 is 16.0 Å². The first-order valence-electron chi connectivity index (χ1n) is 11.1. The van der Waals surface area contributed by atoms with Gasteiger partial charge in [0.1, 0.15) is 22.9 Å². The molecule has 0 spiro atoms. The number of ether oxygens (including phenoxy) is 1. The molecule has 0 atom stereocenters. The highest BCUT2D eigenvalue weighted by Gasteiger charge is 2.18. The van der Waals surface area contributed by atoms with Crippen LogP contribution in [0.5, 0.6) is 5.75 Å². The number of hydrogen-bond acceptors (Lipinski definition) is 5. The molecule has 2 heterocycles. The summed E-state index contributed by atoms with van der Waals surface area (Å²) >= 11 is 0. The fourth-order valence-electron chi connectivity index (χ4n) is 4.00. The second-order valence-electron chi connectivity index (χ2n) is 8.04. The summed E-state index contributed by atoms with van der Waals surface area (Å²) in [5, 5.41) is 4.46. The van der Waals surface area contributed by atoms with Gasteiger partial charge in [-0.3, -0.25) is 14.3 Å². The van der Waals surface area contributed by atoms with Crippen molar-refractivity contribution in [3.05, 3.63) is 75.0 Å². The van der Waals surface area contributed by atoms with E-state index in [2.05, 4.69) is 10.1 Å². The third-order valence-corrected chi connectivity index (χ3v) is 5.58. The summed E-state index contributed by atoms with van der Waals surface area (Å²) in [5.74, 6) is -0.284. The Labute approximate surface area is 195 Å². The van der Waals surface area contributed by atoms with E-state index < -0.39 is 11.7 Å². The van der Waals surface area contributed by atoms with E-state index in [0.29, 0.717) is 46.8 Å². The van der Waals surface area contributed by atoms with Crippen molar-refractivity contribution in [2.45, 2.75) is 33.1 Å². The van der Waals surface area contributed by atoms with E-state index in [0.717, 1.165) is 23.7 Å². The molecular weight excluding hydrogens is 437 g/mol. The van der Waals surface area contributed by atoms with Crippen LogP contribution >= 0.6 is 0 Å². The van der Waals surface area contributed by atoms with Crippen LogP contribution in [-0.2, 0) is 19.9 Å². The number of nitrogens with zero attached hydrogens (tertiary/aromatic N) is 3. The number of rotatable bonds is 8. The van der Waals surface area contributed by atoms with E-state index in [1.807, 2.05) is 26.0 Å². The minimum atomic E-state index is -0.683. The van der Waals surface area contributed by atoms with Crippen LogP contribution in [0, 0.1) is 5.82 Å². The molecule has 34 heavy (non-hydrogen) atoms. The molecule has 176 valence electrons. The Balaban J connectivity index is 1.81. The second-order valence-corrected chi connectivity index (χ2v) is 8.04. The third-order valence-electron chi connectivity index (χ3n) is 5.58. The summed E-state index contributed by atoms with van der Waals surface area (Å²) in [6.45, 7) is 4.34. The van der Waals surface area contributed by atoms with Crippen LogP contribution in [0.15, 0.2) is 41.2 Å². The lowest BCUT2D eigenvalue weighted by molar-refractivity contribution is 0.1000. The van der Waals surface area contributed by atoms with Crippen LogP contribution in [0.25, 0.3) is 22.4 Å². The molecule has 0 aliphatic carbocycles. The molecule has 2 aromatic carbocycles. The fourth-order valence-corrected chi connectivity index (χ4v) is 4.00. The first-order chi connectivity index (χ1) is 16.3. The standard InChI is InChI=1S/C25H26FN5O3/c1-4-6-19-21-22(31(3)30-19)25(33)29-24(28-21)17-12-14(7-10-20(17)34-5-2)11-15-8-9-16(23(27)32)13-18(15)26/h7-10,12-13H,4-6,11H2,1-3H3,(H2,27,32)(H,28,29,33). The minimum absolute atomic E-state index is 0.114. The summed E-state index contributed by atoms with van der Waals surface area (Å²) in [6, 6.07) is 9.62. The number of benzene rings is 2. The first-order valence-corrected chi connectivity index (χ1v) is 11.1. The van der Waals surface area contributed by atoms with Gasteiger partial charge in [0, 0.05) is 19.0 Å². The molecule has 4 rings (SSSR count). The molecule has 0 aliphatic heterocycles. The van der Waals surface area contributed by atoms with Gasteiger partial charge in [-0.2, -0.15) is 5.10 Å². The molecule has 2 aromatic heterocycles. The maximum Gasteiger partial charge on any atom is 0.277 e. The lowest BCUT2D eigenvalue weighted by Gasteiger charge is -2.13. The quantitative estimate of drug-likeness (QED) is 0.415. The second kappa shape index (κ2) is 9.46. The van der Waals surface area contributed by atoms with Gasteiger partial charge in [-0.1, -0.05) is 25.5 Å². The van der Waals surface area contributed by atoms with Gasteiger partial charge in [-0.25, -0.2) is 9.37 Å². The summed E-state index contributed by atoms with van der Waals surface area (Å²) in [4.78, 5) is 31.8. The van der Waals surface area contributed by atoms with E-state index in [1.54, 1.807) is 23.9 Å². The Morgan fingerprint density at radius 3 is 2.68 bits per heavy atom. The Bertz CT molecular complexity index is 1440. The van der Waals surface area contributed by atoms with Gasteiger partial charge >= 0.3 is 0 Å². The van der Waals surface area contributed by atoms with E-state index in [9.17, 15) is 14.0 Å². The van der Waals surface area contributed by atoms with Crippen LogP contribution in [0.4, 0.5) is 4.39 Å². The van der Waals surface area contributed by atoms with Gasteiger partial charge in [-0.15, -0.1) is 0 Å². The number of aromatic amines is 1. The first kappa shape index (κ1) is 23.2. The molecular formula is C25H26FN5O3. The monoisotopic (exact) mass is 463 g/mol. The Morgan fingerprint density at radius 1 is 1.21 bits per heavy atom. The average Bonchev–Trinajstić information content (AvgIpc) is 3.12. The highest BCUT2D eigenvalue weighted by Crippen LogP contribution is 2.31. The van der Waals surface area contributed by atoms with Crippen molar-refractivity contribution in [3.8, 4) is 17.1 Å². The highest BCUT2D eigenvalue weighted by atomic mass is 19.1. The Morgan fingerprint density at radius 2 is 2.00 bits per heavy atom. The predicted molar refractivity (Wildman–Crippen MR) is 127 cm³/mol. The number of aryl methyl sites for hydroxylation is 2. The molecule has 8 nitrogen and oxygen atoms in total. The van der Waals surface area contributed by atoms with Crippen LogP contribution in [0.1, 0.15) is 47.4 Å². The van der Waals surface area contributed by atoms with E-state index in [-0.39, 0.29) is 17.5 Å². The Kier molecular flexibility index (Phi) is 6.45. The number of aromatic nitrogens is 4. The number of amides is 1. The average molecular weight is 464 g/mol. The smallest absolute Gasteiger partial charge is 0.277 e. The number of fused-ring (bicyclic) bond motifs is 1. The summed E-state index contributed by atoms with van der Waals surface area (Å²) in [5.41, 5.74) is 8.58. The van der Waals surface area contributed by atoms with Gasteiger partial charge in [0.05, 0.1) is 17.9 Å². The molecule has 4 aromatic rings. The summed E-state index contributed by atoms with van der Waals surface area (Å²) < 4.78 is 21.9. The highest BCUT2D eigenvalue weighted by molar-refractivity contribution is 5.92. The van der Waals surface area contributed by atoms with Crippen molar-refractivity contribution in [1.82, 2.24) is 19.7 Å². The summed E-state index contributed by atoms with van der Waals surface area (Å²) in [7, 11) is 1.72. The maximum absolute atomic E-state index is 14.6. The number of nitrogens with two attached hydrogens (primary N) is 1. The number of primary amides is 1. The minimum Gasteiger partial charge on any atom is -0.493 e. The van der Waals surface area contributed by atoms with E-state index in [1.165, 1.54) is 6.07 Å². The number of carbonyl (C=O) groups excluding carboxylic acids is 1. The van der Waals surface area contributed by atoms with Crippen LogP contribution in [0.2, 0.25) is 0 Å². The van der Waals surface area contributed by atoms with Gasteiger partial charge in [0.2, 0.25) is 5.91 Å². The topological polar surface area (TPSA) is 116 Å². The molecule has 0 aliphatic rings. The molecule has 0 radical (unpaired) electrons. The van der Waals surface area contributed by atoms with Crippen molar-refractivity contribution in [1.29, 1.82) is 0 Å². The molecule has 0 saturated heterocycles. The lowest BCUT2D eigenvalue weighted by Crippen LogP contribution is -2.13. The molecule has 0 fully saturated rings. The largest absolute Gasteiger partial charge is 0.493 e. The van der Waals surface area contributed by atoms with E-state index in [4.69, 9.17) is 15.5 Å². The number of hydrogen-bond donors (Lipinski definition) is 2. The number of carbonyl (C=O) groups is 1. The zero-order valence-electron chi connectivity index (χ0n) is 19.3. The summed E-state index contributed by atoms with van der Waals surface area (Å²) in [6.07, 6.45) is 1.84. The van der Waals surface area contributed by atoms with Crippen molar-refractivity contribution in [3.63, 3.8) is 0 Å². The third kappa shape index (κ3) is 4.41. The molecule has 9 heteroatoms. The number of halogens is 1. The molecule has 0 saturated carbocycles. The number of nitrogens with one attached hydrogen (secondary N) is 1. The van der Waals surface area contributed by atoms with Crippen molar-refractivity contribution >= 4 is 16.9 Å². The molecule has 3 N–H and O–H groups in total. The molecule has 1 amide bonds. The lowest BCUT2D eigenvalue weighted by atomic mass is 10.00. The normalized spacial score (nSPS) is 11.2. The zero-order chi connectivity index (χ0) is 24.4. The molecule has 0 unspecified atom stereocenters. The van der Waals surface area contributed by atoms with Crippen LogP contribution in [-0.4, -0.2) is 32.3 Å². The number of H-pyrrole nitrogens is 1. The predicted octanol–water partition coefficient (Wildman–Crippen LogP) is 3.50. The van der Waals surface area contributed by atoms with Gasteiger partial charge in [0.15, 0.2) is 5.52 Å². The fraction of sp³-hybridized carbons (Fsp3) is 0.280.